The highest BCUT2D eigenvalue weighted by atomic mass is 15.1. The lowest BCUT2D eigenvalue weighted by molar-refractivity contribution is 0.239. The van der Waals surface area contributed by atoms with Gasteiger partial charge >= 0.3 is 0 Å². The Morgan fingerprint density at radius 1 is 0.720 bits per heavy atom. The fourth-order valence-corrected chi connectivity index (χ4v) is 3.05. The van der Waals surface area contributed by atoms with Crippen molar-refractivity contribution in [2.75, 3.05) is 27.2 Å². The highest BCUT2D eigenvalue weighted by Gasteiger charge is 2.09. The third kappa shape index (κ3) is 6.96. The molecule has 0 heterocycles. The Morgan fingerprint density at radius 3 is 1.64 bits per heavy atom. The molecule has 25 heavy (non-hydrogen) atoms. The van der Waals surface area contributed by atoms with Crippen LogP contribution in [0.1, 0.15) is 28.7 Å². The maximum atomic E-state index is 5.79. The summed E-state index contributed by atoms with van der Waals surface area (Å²) < 4.78 is 0. The van der Waals surface area contributed by atoms with E-state index in [0.29, 0.717) is 13.1 Å². The molecule has 2 aromatic carbocycles. The van der Waals surface area contributed by atoms with Crippen molar-refractivity contribution >= 4 is 0 Å². The molecule has 4 heteroatoms. The van der Waals surface area contributed by atoms with Crippen LogP contribution in [0.15, 0.2) is 48.5 Å². The largest absolute Gasteiger partial charge is 0.326 e. The summed E-state index contributed by atoms with van der Waals surface area (Å²) in [5, 5.41) is 0. The van der Waals surface area contributed by atoms with Gasteiger partial charge < -0.3 is 16.4 Å². The molecule has 0 fully saturated rings. The first-order valence-electron chi connectivity index (χ1n) is 9.03. The molecule has 4 N–H and O–H groups in total. The second kappa shape index (κ2) is 10.3. The van der Waals surface area contributed by atoms with Crippen molar-refractivity contribution in [3.05, 3.63) is 70.8 Å². The van der Waals surface area contributed by atoms with Crippen molar-refractivity contribution in [3.8, 4) is 0 Å². The minimum absolute atomic E-state index is 0.590. The Bertz CT molecular complexity index is 590. The molecular formula is C21H32N4. The van der Waals surface area contributed by atoms with Gasteiger partial charge in [0, 0.05) is 32.7 Å². The van der Waals surface area contributed by atoms with Crippen LogP contribution in [0.3, 0.4) is 0 Å². The zero-order chi connectivity index (χ0) is 18.1. The van der Waals surface area contributed by atoms with Crippen LogP contribution >= 0.6 is 0 Å². The second-order valence-corrected chi connectivity index (χ2v) is 6.92. The van der Waals surface area contributed by atoms with E-state index < -0.39 is 0 Å². The predicted octanol–water partition coefficient (Wildman–Crippen LogP) is 2.56. The van der Waals surface area contributed by atoms with E-state index in [9.17, 15) is 0 Å². The Hall–Kier alpha value is -1.72. The van der Waals surface area contributed by atoms with E-state index in [2.05, 4.69) is 72.4 Å². The first kappa shape index (κ1) is 19.6. The molecule has 0 aliphatic heterocycles. The van der Waals surface area contributed by atoms with Crippen LogP contribution in [0.5, 0.6) is 0 Å². The normalized spacial score (nSPS) is 11.4. The SMILES string of the molecule is CN(C)CCCN(Cc1cccc(CN)c1)Cc1cccc(CN)c1. The zero-order valence-electron chi connectivity index (χ0n) is 15.6. The smallest absolute Gasteiger partial charge is 0.0237 e. The fraction of sp³-hybridized carbons (Fsp3) is 0.429. The Balaban J connectivity index is 2.07. The lowest BCUT2D eigenvalue weighted by atomic mass is 10.1. The minimum Gasteiger partial charge on any atom is -0.326 e. The monoisotopic (exact) mass is 340 g/mol. The average molecular weight is 341 g/mol. The molecule has 4 nitrogen and oxygen atoms in total. The Labute approximate surface area is 152 Å². The van der Waals surface area contributed by atoms with E-state index >= 15 is 0 Å². The summed E-state index contributed by atoms with van der Waals surface area (Å²) in [4.78, 5) is 4.75. The van der Waals surface area contributed by atoms with Crippen LogP contribution < -0.4 is 11.5 Å². The van der Waals surface area contributed by atoms with E-state index in [1.165, 1.54) is 22.3 Å². The van der Waals surface area contributed by atoms with Crippen LogP contribution in [0.4, 0.5) is 0 Å². The molecule has 2 rings (SSSR count). The standard InChI is InChI=1S/C21H32N4/c1-24(2)10-5-11-25(16-20-8-3-6-18(12-20)14-22)17-21-9-4-7-19(13-21)15-23/h3-4,6-9,12-13H,5,10-11,14-17,22-23H2,1-2H3. The molecule has 0 aliphatic rings. The van der Waals surface area contributed by atoms with E-state index in [-0.39, 0.29) is 0 Å². The second-order valence-electron chi connectivity index (χ2n) is 6.92. The molecular weight excluding hydrogens is 308 g/mol. The molecule has 0 atom stereocenters. The van der Waals surface area contributed by atoms with Gasteiger partial charge in [-0.05, 0) is 49.3 Å². The Morgan fingerprint density at radius 2 is 1.20 bits per heavy atom. The molecule has 0 saturated carbocycles. The highest BCUT2D eigenvalue weighted by molar-refractivity contribution is 5.25. The molecule has 2 aromatic rings. The van der Waals surface area contributed by atoms with Gasteiger partial charge in [-0.3, -0.25) is 4.90 Å². The lowest BCUT2D eigenvalue weighted by Crippen LogP contribution is -2.27. The average Bonchev–Trinajstić information content (AvgIpc) is 2.61. The molecule has 0 unspecified atom stereocenters. The van der Waals surface area contributed by atoms with Gasteiger partial charge in [0.15, 0.2) is 0 Å². The summed E-state index contributed by atoms with van der Waals surface area (Å²) in [6.45, 7) is 5.22. The van der Waals surface area contributed by atoms with Gasteiger partial charge in [0.1, 0.15) is 0 Å². The summed E-state index contributed by atoms with van der Waals surface area (Å²) in [6, 6.07) is 17.2. The summed E-state index contributed by atoms with van der Waals surface area (Å²) in [5.41, 5.74) is 16.6. The molecule has 0 bridgehead atoms. The van der Waals surface area contributed by atoms with Crippen molar-refractivity contribution < 1.29 is 0 Å². The zero-order valence-corrected chi connectivity index (χ0v) is 15.6. The molecule has 0 saturated heterocycles. The first-order valence-corrected chi connectivity index (χ1v) is 9.03. The maximum Gasteiger partial charge on any atom is 0.0237 e. The van der Waals surface area contributed by atoms with Gasteiger partial charge in [0.25, 0.3) is 0 Å². The van der Waals surface area contributed by atoms with Gasteiger partial charge in [0.05, 0.1) is 0 Å². The molecule has 0 amide bonds. The quantitative estimate of drug-likeness (QED) is 0.698. The van der Waals surface area contributed by atoms with Crippen molar-refractivity contribution in [2.45, 2.75) is 32.6 Å². The number of hydrogen-bond donors (Lipinski definition) is 2. The van der Waals surface area contributed by atoms with Crippen molar-refractivity contribution in [3.63, 3.8) is 0 Å². The van der Waals surface area contributed by atoms with Crippen molar-refractivity contribution in [1.29, 1.82) is 0 Å². The Kier molecular flexibility index (Phi) is 8.09. The van der Waals surface area contributed by atoms with Gasteiger partial charge in [0.2, 0.25) is 0 Å². The number of nitrogens with zero attached hydrogens (tertiary/aromatic N) is 2. The third-order valence-electron chi connectivity index (χ3n) is 4.35. The van der Waals surface area contributed by atoms with Crippen LogP contribution in [-0.2, 0) is 26.2 Å². The predicted molar refractivity (Wildman–Crippen MR) is 106 cm³/mol. The molecule has 0 spiro atoms. The first-order chi connectivity index (χ1) is 12.1. The minimum atomic E-state index is 0.590. The van der Waals surface area contributed by atoms with Crippen LogP contribution in [0, 0.1) is 0 Å². The lowest BCUT2D eigenvalue weighted by Gasteiger charge is -2.24. The van der Waals surface area contributed by atoms with E-state index in [1.807, 2.05) is 0 Å². The van der Waals surface area contributed by atoms with Crippen LogP contribution in [0.2, 0.25) is 0 Å². The molecule has 136 valence electrons. The van der Waals surface area contributed by atoms with Gasteiger partial charge in [-0.2, -0.15) is 0 Å². The molecule has 0 aromatic heterocycles. The summed E-state index contributed by atoms with van der Waals surface area (Å²) in [7, 11) is 4.25. The van der Waals surface area contributed by atoms with E-state index in [0.717, 1.165) is 32.6 Å². The fourth-order valence-electron chi connectivity index (χ4n) is 3.05. The molecule has 0 aliphatic carbocycles. The van der Waals surface area contributed by atoms with Gasteiger partial charge in [-0.15, -0.1) is 0 Å². The highest BCUT2D eigenvalue weighted by Crippen LogP contribution is 2.13. The van der Waals surface area contributed by atoms with Crippen molar-refractivity contribution in [2.24, 2.45) is 11.5 Å². The summed E-state index contributed by atoms with van der Waals surface area (Å²) in [6.07, 6.45) is 1.15. The number of hydrogen-bond acceptors (Lipinski definition) is 4. The van der Waals surface area contributed by atoms with Crippen LogP contribution in [0.25, 0.3) is 0 Å². The number of benzene rings is 2. The van der Waals surface area contributed by atoms with Gasteiger partial charge in [-0.1, -0.05) is 48.5 Å². The number of nitrogens with two attached hydrogens (primary N) is 2. The summed E-state index contributed by atoms with van der Waals surface area (Å²) in [5.74, 6) is 0. The maximum absolute atomic E-state index is 5.79. The van der Waals surface area contributed by atoms with E-state index in [4.69, 9.17) is 11.5 Å². The third-order valence-corrected chi connectivity index (χ3v) is 4.35. The van der Waals surface area contributed by atoms with Gasteiger partial charge in [-0.25, -0.2) is 0 Å². The van der Waals surface area contributed by atoms with Crippen molar-refractivity contribution in [1.82, 2.24) is 9.80 Å². The van der Waals surface area contributed by atoms with E-state index in [1.54, 1.807) is 0 Å². The number of rotatable bonds is 10. The topological polar surface area (TPSA) is 58.5 Å². The molecule has 0 radical (unpaired) electrons. The summed E-state index contributed by atoms with van der Waals surface area (Å²) >= 11 is 0. The van der Waals surface area contributed by atoms with Crippen LogP contribution in [-0.4, -0.2) is 37.0 Å².